The van der Waals surface area contributed by atoms with Crippen molar-refractivity contribution in [3.05, 3.63) is 64.2 Å². The van der Waals surface area contributed by atoms with E-state index in [1.165, 1.54) is 0 Å². The van der Waals surface area contributed by atoms with Crippen LogP contribution in [0.5, 0.6) is 0 Å². The van der Waals surface area contributed by atoms with E-state index in [1.54, 1.807) is 31.3 Å². The van der Waals surface area contributed by atoms with Gasteiger partial charge in [0.25, 0.3) is 0 Å². The van der Waals surface area contributed by atoms with Crippen molar-refractivity contribution in [2.45, 2.75) is 19.0 Å². The normalized spacial score (nSPS) is 15.3. The van der Waals surface area contributed by atoms with E-state index in [2.05, 4.69) is 5.32 Å². The zero-order valence-corrected chi connectivity index (χ0v) is 17.2. The van der Waals surface area contributed by atoms with E-state index in [9.17, 15) is 9.59 Å². The van der Waals surface area contributed by atoms with E-state index in [-0.39, 0.29) is 24.0 Å². The summed E-state index contributed by atoms with van der Waals surface area (Å²) in [7, 11) is 7.77. The number of fused-ring (bicyclic) bond motifs is 2. The second-order valence-corrected chi connectivity index (χ2v) is 7.65. The molecule has 3 rings (SSSR count). The number of nitrogens with two attached hydrogens (primary N) is 1. The fourth-order valence-electron chi connectivity index (χ4n) is 3.82. The van der Waals surface area contributed by atoms with Crippen molar-refractivity contribution in [2.24, 2.45) is 5.73 Å². The summed E-state index contributed by atoms with van der Waals surface area (Å²) in [5, 5.41) is 3.05. The van der Waals surface area contributed by atoms with Crippen LogP contribution >= 0.6 is 12.4 Å². The van der Waals surface area contributed by atoms with Gasteiger partial charge in [-0.15, -0.1) is 12.4 Å². The standard InChI is InChI=1S/C21H25N3O2.ClH/c1-6-21(22,24(3,4)5)15-11-12-16(23-2)18-17(15)19(25)13-9-7-8-10-14(13)20(18)26;/h7-12H,6,22H2,1-5H3;1H/p+1. The molecule has 27 heavy (non-hydrogen) atoms. The Morgan fingerprint density at radius 1 is 0.963 bits per heavy atom. The van der Waals surface area contributed by atoms with E-state index in [1.807, 2.05) is 40.2 Å². The Morgan fingerprint density at radius 2 is 1.48 bits per heavy atom. The Kier molecular flexibility index (Phi) is 5.53. The molecular formula is C21H27ClN3O2+. The minimum atomic E-state index is -0.793. The van der Waals surface area contributed by atoms with Crippen LogP contribution < -0.4 is 11.1 Å². The maximum absolute atomic E-state index is 13.4. The van der Waals surface area contributed by atoms with E-state index >= 15 is 0 Å². The average molecular weight is 389 g/mol. The van der Waals surface area contributed by atoms with Gasteiger partial charge in [-0.25, -0.2) is 0 Å². The summed E-state index contributed by atoms with van der Waals surface area (Å²) in [6.07, 6.45) is 0.630. The van der Waals surface area contributed by atoms with Crippen LogP contribution in [-0.4, -0.2) is 44.2 Å². The van der Waals surface area contributed by atoms with Crippen molar-refractivity contribution in [1.82, 2.24) is 0 Å². The van der Waals surface area contributed by atoms with Gasteiger partial charge in [-0.1, -0.05) is 31.2 Å². The van der Waals surface area contributed by atoms with Crippen molar-refractivity contribution in [1.29, 1.82) is 0 Å². The molecule has 0 bridgehead atoms. The summed E-state index contributed by atoms with van der Waals surface area (Å²) in [6, 6.07) is 10.7. The zero-order valence-electron chi connectivity index (χ0n) is 16.4. The molecule has 6 heteroatoms. The van der Waals surface area contributed by atoms with Gasteiger partial charge in [0.2, 0.25) is 0 Å². The number of nitrogens with zero attached hydrogens (tertiary/aromatic N) is 1. The molecule has 0 aromatic heterocycles. The van der Waals surface area contributed by atoms with Crippen molar-refractivity contribution in [3.63, 3.8) is 0 Å². The first-order valence-electron chi connectivity index (χ1n) is 8.81. The Morgan fingerprint density at radius 3 is 1.93 bits per heavy atom. The molecule has 0 aliphatic heterocycles. The lowest BCUT2D eigenvalue weighted by atomic mass is 9.77. The molecule has 2 aromatic rings. The number of carbonyl (C=O) groups is 2. The van der Waals surface area contributed by atoms with Crippen LogP contribution in [0.3, 0.4) is 0 Å². The lowest BCUT2D eigenvalue weighted by Gasteiger charge is -2.44. The number of rotatable bonds is 4. The van der Waals surface area contributed by atoms with Crippen molar-refractivity contribution in [2.75, 3.05) is 33.5 Å². The number of nitrogens with one attached hydrogen (secondary N) is 1. The Bertz CT molecular complexity index is 918. The number of halogens is 1. The Labute approximate surface area is 166 Å². The van der Waals surface area contributed by atoms with Crippen LogP contribution in [0.4, 0.5) is 5.69 Å². The van der Waals surface area contributed by atoms with Gasteiger partial charge >= 0.3 is 0 Å². The predicted octanol–water partition coefficient (Wildman–Crippen LogP) is 3.15. The molecule has 0 radical (unpaired) electrons. The number of hydrogen-bond donors (Lipinski definition) is 2. The SMILES string of the molecule is CCC(N)(c1ccc(NC)c2c1C(=O)c1ccccc1C2=O)[N+](C)(C)C.Cl. The van der Waals surface area contributed by atoms with Gasteiger partial charge in [0.05, 0.1) is 26.7 Å². The molecule has 1 aliphatic rings. The largest absolute Gasteiger partial charge is 0.388 e. The molecule has 1 atom stereocenters. The first kappa shape index (κ1) is 21.1. The van der Waals surface area contributed by atoms with Gasteiger partial charge in [-0.3, -0.25) is 15.3 Å². The van der Waals surface area contributed by atoms with Crippen LogP contribution in [0, 0.1) is 0 Å². The number of benzene rings is 2. The van der Waals surface area contributed by atoms with Gasteiger partial charge in [0.15, 0.2) is 17.2 Å². The summed E-state index contributed by atoms with van der Waals surface area (Å²) < 4.78 is 0.442. The topological polar surface area (TPSA) is 72.2 Å². The molecule has 0 saturated carbocycles. The molecule has 5 nitrogen and oxygen atoms in total. The Balaban J connectivity index is 0.00000261. The third kappa shape index (κ3) is 2.96. The van der Waals surface area contributed by atoms with E-state index in [4.69, 9.17) is 5.73 Å². The molecule has 0 heterocycles. The van der Waals surface area contributed by atoms with Gasteiger partial charge < -0.3 is 9.80 Å². The van der Waals surface area contributed by atoms with Crippen molar-refractivity contribution >= 4 is 29.7 Å². The third-order valence-corrected chi connectivity index (χ3v) is 5.55. The van der Waals surface area contributed by atoms with E-state index in [0.29, 0.717) is 44.4 Å². The quantitative estimate of drug-likeness (QED) is 0.532. The average Bonchev–Trinajstić information content (AvgIpc) is 2.63. The summed E-state index contributed by atoms with van der Waals surface area (Å²) >= 11 is 0. The molecule has 0 amide bonds. The summed E-state index contributed by atoms with van der Waals surface area (Å²) in [5.74, 6) is -0.278. The van der Waals surface area contributed by atoms with Crippen LogP contribution in [0.25, 0.3) is 0 Å². The van der Waals surface area contributed by atoms with Crippen LogP contribution in [0.15, 0.2) is 36.4 Å². The highest BCUT2D eigenvalue weighted by Gasteiger charge is 2.45. The van der Waals surface area contributed by atoms with Gasteiger partial charge in [0, 0.05) is 41.4 Å². The fraction of sp³-hybridized carbons (Fsp3) is 0.333. The molecule has 1 unspecified atom stereocenters. The maximum Gasteiger partial charge on any atom is 0.196 e. The molecule has 2 aromatic carbocycles. The lowest BCUT2D eigenvalue weighted by Crippen LogP contribution is -2.61. The smallest absolute Gasteiger partial charge is 0.196 e. The molecule has 0 spiro atoms. The zero-order chi connectivity index (χ0) is 19.3. The second kappa shape index (κ2) is 7.08. The second-order valence-electron chi connectivity index (χ2n) is 7.65. The summed E-state index contributed by atoms with van der Waals surface area (Å²) in [5.41, 5.74) is 9.14. The van der Waals surface area contributed by atoms with Gasteiger partial charge in [-0.2, -0.15) is 0 Å². The highest BCUT2D eigenvalue weighted by Crippen LogP contribution is 2.40. The lowest BCUT2D eigenvalue weighted by molar-refractivity contribution is -0.932. The summed E-state index contributed by atoms with van der Waals surface area (Å²) in [6.45, 7) is 2.00. The number of ketones is 2. The molecule has 0 saturated heterocycles. The van der Waals surface area contributed by atoms with E-state index in [0.717, 1.165) is 0 Å². The van der Waals surface area contributed by atoms with Crippen molar-refractivity contribution < 1.29 is 14.1 Å². The fourth-order valence-corrected chi connectivity index (χ4v) is 3.82. The monoisotopic (exact) mass is 388 g/mol. The molecule has 144 valence electrons. The minimum Gasteiger partial charge on any atom is -0.388 e. The predicted molar refractivity (Wildman–Crippen MR) is 111 cm³/mol. The van der Waals surface area contributed by atoms with Crippen LogP contribution in [0.2, 0.25) is 0 Å². The van der Waals surface area contributed by atoms with Crippen LogP contribution in [0.1, 0.15) is 50.8 Å². The van der Waals surface area contributed by atoms with Crippen molar-refractivity contribution in [3.8, 4) is 0 Å². The number of hydrogen-bond acceptors (Lipinski definition) is 4. The van der Waals surface area contributed by atoms with E-state index < -0.39 is 5.66 Å². The number of quaternary nitrogens is 1. The highest BCUT2D eigenvalue weighted by molar-refractivity contribution is 6.30. The molecule has 3 N–H and O–H groups in total. The Hall–Kier alpha value is -2.21. The maximum atomic E-state index is 13.4. The van der Waals surface area contributed by atoms with Gasteiger partial charge in [-0.05, 0) is 12.1 Å². The first-order valence-corrected chi connectivity index (χ1v) is 8.81. The first-order chi connectivity index (χ1) is 12.2. The molecule has 0 fully saturated rings. The third-order valence-electron chi connectivity index (χ3n) is 5.55. The highest BCUT2D eigenvalue weighted by atomic mass is 35.5. The molecular weight excluding hydrogens is 362 g/mol. The molecule has 1 aliphatic carbocycles. The minimum absolute atomic E-state index is 0. The summed E-state index contributed by atoms with van der Waals surface area (Å²) in [4.78, 5) is 26.6. The van der Waals surface area contributed by atoms with Crippen LogP contribution in [-0.2, 0) is 5.66 Å². The van der Waals surface area contributed by atoms with Gasteiger partial charge in [0.1, 0.15) is 0 Å². The number of carbonyl (C=O) groups excluding carboxylic acids is 2. The number of anilines is 1.